The Labute approximate surface area is 143 Å². The van der Waals surface area contributed by atoms with Crippen molar-refractivity contribution in [2.24, 2.45) is 5.92 Å². The van der Waals surface area contributed by atoms with Crippen LogP contribution in [0.5, 0.6) is 5.75 Å². The number of hydrogen-bond donors (Lipinski definition) is 0. The average Bonchev–Trinajstić information content (AvgIpc) is 3.28. The summed E-state index contributed by atoms with van der Waals surface area (Å²) in [5.41, 5.74) is 4.00. The van der Waals surface area contributed by atoms with E-state index < -0.39 is 0 Å². The molecule has 1 aliphatic heterocycles. The zero-order chi connectivity index (χ0) is 16.5. The van der Waals surface area contributed by atoms with Gasteiger partial charge in [-0.1, -0.05) is 36.4 Å². The Hall–Kier alpha value is -2.29. The Morgan fingerprint density at radius 1 is 1.04 bits per heavy atom. The van der Waals surface area contributed by atoms with Gasteiger partial charge < -0.3 is 9.64 Å². The molecule has 2 aromatic carbocycles. The second-order valence-electron chi connectivity index (χ2n) is 6.92. The Morgan fingerprint density at radius 3 is 2.33 bits per heavy atom. The lowest BCUT2D eigenvalue weighted by atomic mass is 9.98. The molecule has 1 atom stereocenters. The molecule has 1 amide bonds. The van der Waals surface area contributed by atoms with Crippen molar-refractivity contribution in [1.29, 1.82) is 0 Å². The van der Waals surface area contributed by atoms with Crippen LogP contribution in [0.1, 0.15) is 29.0 Å². The molecule has 24 heavy (non-hydrogen) atoms. The predicted octanol–water partition coefficient (Wildman–Crippen LogP) is 3.43. The molecule has 124 valence electrons. The van der Waals surface area contributed by atoms with E-state index in [1.54, 1.807) is 7.11 Å². The molecule has 0 radical (unpaired) electrons. The number of amides is 1. The molecule has 0 aromatic heterocycles. The third kappa shape index (κ3) is 2.79. The van der Waals surface area contributed by atoms with Crippen LogP contribution in [-0.4, -0.2) is 31.0 Å². The van der Waals surface area contributed by atoms with E-state index in [-0.39, 0.29) is 5.92 Å². The molecular weight excluding hydrogens is 298 g/mol. The van der Waals surface area contributed by atoms with Crippen molar-refractivity contribution in [2.45, 2.75) is 25.2 Å². The van der Waals surface area contributed by atoms with Gasteiger partial charge in [0, 0.05) is 24.9 Å². The van der Waals surface area contributed by atoms with Crippen molar-refractivity contribution in [1.82, 2.24) is 4.90 Å². The number of likely N-dealkylation sites (tertiary alicyclic amines) is 1. The Morgan fingerprint density at radius 2 is 1.71 bits per heavy atom. The second kappa shape index (κ2) is 6.31. The molecule has 0 N–H and O–H groups in total. The van der Waals surface area contributed by atoms with Crippen LogP contribution in [0, 0.1) is 5.92 Å². The summed E-state index contributed by atoms with van der Waals surface area (Å²) in [6.45, 7) is 1.72. The molecule has 2 aromatic rings. The number of nitrogens with zero attached hydrogens (tertiary/aromatic N) is 1. The SMILES string of the molecule is COc1ccc(C2CCN(C(=O)C3Cc4ccccc4C3)C2)cc1. The number of fused-ring (bicyclic) bond motifs is 1. The molecule has 0 saturated carbocycles. The van der Waals surface area contributed by atoms with Gasteiger partial charge in [0.25, 0.3) is 0 Å². The van der Waals surface area contributed by atoms with Gasteiger partial charge >= 0.3 is 0 Å². The van der Waals surface area contributed by atoms with Crippen molar-refractivity contribution < 1.29 is 9.53 Å². The molecule has 1 saturated heterocycles. The van der Waals surface area contributed by atoms with E-state index in [0.717, 1.165) is 38.1 Å². The lowest BCUT2D eigenvalue weighted by molar-refractivity contribution is -0.134. The van der Waals surface area contributed by atoms with Gasteiger partial charge in [-0.2, -0.15) is 0 Å². The fourth-order valence-electron chi connectivity index (χ4n) is 4.10. The van der Waals surface area contributed by atoms with Gasteiger partial charge in [0.1, 0.15) is 5.75 Å². The van der Waals surface area contributed by atoms with Crippen LogP contribution < -0.4 is 4.74 Å². The van der Waals surface area contributed by atoms with E-state index in [1.807, 2.05) is 12.1 Å². The number of methoxy groups -OCH3 is 1. The first-order chi connectivity index (χ1) is 11.7. The average molecular weight is 321 g/mol. The fraction of sp³-hybridized carbons (Fsp3) is 0.381. The van der Waals surface area contributed by atoms with Crippen LogP contribution in [-0.2, 0) is 17.6 Å². The molecule has 3 nitrogen and oxygen atoms in total. The number of carbonyl (C=O) groups excluding carboxylic acids is 1. The molecule has 4 rings (SSSR count). The van der Waals surface area contributed by atoms with Gasteiger partial charge in [0.15, 0.2) is 0 Å². The van der Waals surface area contributed by atoms with E-state index >= 15 is 0 Å². The number of rotatable bonds is 3. The summed E-state index contributed by atoms with van der Waals surface area (Å²) < 4.78 is 5.22. The first-order valence-corrected chi connectivity index (χ1v) is 8.74. The van der Waals surface area contributed by atoms with Gasteiger partial charge in [-0.05, 0) is 48.1 Å². The molecule has 2 aliphatic rings. The van der Waals surface area contributed by atoms with Gasteiger partial charge in [-0.15, -0.1) is 0 Å². The minimum absolute atomic E-state index is 0.136. The van der Waals surface area contributed by atoms with E-state index in [1.165, 1.54) is 16.7 Å². The Balaban J connectivity index is 1.40. The van der Waals surface area contributed by atoms with Crippen LogP contribution >= 0.6 is 0 Å². The summed E-state index contributed by atoms with van der Waals surface area (Å²) >= 11 is 0. The molecule has 0 spiro atoms. The lowest BCUT2D eigenvalue weighted by Crippen LogP contribution is -2.34. The van der Waals surface area contributed by atoms with E-state index in [2.05, 4.69) is 41.3 Å². The minimum atomic E-state index is 0.136. The summed E-state index contributed by atoms with van der Waals surface area (Å²) in [7, 11) is 1.69. The maximum Gasteiger partial charge on any atom is 0.226 e. The molecule has 3 heteroatoms. The molecule has 0 bridgehead atoms. The monoisotopic (exact) mass is 321 g/mol. The van der Waals surface area contributed by atoms with E-state index in [0.29, 0.717) is 11.8 Å². The van der Waals surface area contributed by atoms with Crippen LogP contribution in [0.15, 0.2) is 48.5 Å². The standard InChI is InChI=1S/C21H23NO2/c1-24-20-8-6-15(7-9-20)18-10-11-22(14-18)21(23)19-12-16-4-2-3-5-17(16)13-19/h2-9,18-19H,10-14H2,1H3. The molecule has 1 fully saturated rings. The van der Waals surface area contributed by atoms with Crippen molar-refractivity contribution >= 4 is 5.91 Å². The van der Waals surface area contributed by atoms with Crippen molar-refractivity contribution in [3.8, 4) is 5.75 Å². The Kier molecular flexibility index (Phi) is 4.01. The minimum Gasteiger partial charge on any atom is -0.497 e. The normalized spacial score (nSPS) is 20.2. The second-order valence-corrected chi connectivity index (χ2v) is 6.92. The topological polar surface area (TPSA) is 29.5 Å². The molecule has 1 aliphatic carbocycles. The smallest absolute Gasteiger partial charge is 0.226 e. The van der Waals surface area contributed by atoms with Gasteiger partial charge in [-0.25, -0.2) is 0 Å². The van der Waals surface area contributed by atoms with Crippen LogP contribution in [0.25, 0.3) is 0 Å². The largest absolute Gasteiger partial charge is 0.497 e. The van der Waals surface area contributed by atoms with Crippen LogP contribution in [0.2, 0.25) is 0 Å². The van der Waals surface area contributed by atoms with Crippen molar-refractivity contribution in [2.75, 3.05) is 20.2 Å². The summed E-state index contributed by atoms with van der Waals surface area (Å²) in [5.74, 6) is 1.80. The summed E-state index contributed by atoms with van der Waals surface area (Å²) in [6.07, 6.45) is 2.86. The highest BCUT2D eigenvalue weighted by molar-refractivity contribution is 5.81. The Bertz CT molecular complexity index is 713. The molecule has 1 unspecified atom stereocenters. The van der Waals surface area contributed by atoms with Gasteiger partial charge in [0.05, 0.1) is 7.11 Å². The quantitative estimate of drug-likeness (QED) is 0.867. The number of carbonyl (C=O) groups is 1. The van der Waals surface area contributed by atoms with Crippen LogP contribution in [0.3, 0.4) is 0 Å². The maximum atomic E-state index is 12.9. The van der Waals surface area contributed by atoms with Gasteiger partial charge in [0.2, 0.25) is 5.91 Å². The van der Waals surface area contributed by atoms with Crippen molar-refractivity contribution in [3.63, 3.8) is 0 Å². The number of hydrogen-bond acceptors (Lipinski definition) is 2. The third-order valence-electron chi connectivity index (χ3n) is 5.49. The highest BCUT2D eigenvalue weighted by atomic mass is 16.5. The zero-order valence-electron chi connectivity index (χ0n) is 14.1. The lowest BCUT2D eigenvalue weighted by Gasteiger charge is -2.20. The first kappa shape index (κ1) is 15.3. The summed E-state index contributed by atoms with van der Waals surface area (Å²) in [4.78, 5) is 15.0. The fourth-order valence-corrected chi connectivity index (χ4v) is 4.10. The molecule has 1 heterocycles. The number of ether oxygens (including phenoxy) is 1. The zero-order valence-corrected chi connectivity index (χ0v) is 14.1. The van der Waals surface area contributed by atoms with Gasteiger partial charge in [-0.3, -0.25) is 4.79 Å². The summed E-state index contributed by atoms with van der Waals surface area (Å²) in [6, 6.07) is 16.7. The highest BCUT2D eigenvalue weighted by Crippen LogP contribution is 2.32. The van der Waals surface area contributed by atoms with Crippen molar-refractivity contribution in [3.05, 3.63) is 65.2 Å². The van der Waals surface area contributed by atoms with E-state index in [4.69, 9.17) is 4.74 Å². The molecular formula is C21H23NO2. The summed E-state index contributed by atoms with van der Waals surface area (Å²) in [5, 5.41) is 0. The third-order valence-corrected chi connectivity index (χ3v) is 5.49. The maximum absolute atomic E-state index is 12.9. The predicted molar refractivity (Wildman–Crippen MR) is 94.3 cm³/mol. The highest BCUT2D eigenvalue weighted by Gasteiger charge is 2.34. The first-order valence-electron chi connectivity index (χ1n) is 8.74. The van der Waals surface area contributed by atoms with E-state index in [9.17, 15) is 4.79 Å². The van der Waals surface area contributed by atoms with Crippen LogP contribution in [0.4, 0.5) is 0 Å². The number of benzene rings is 2.